The van der Waals surface area contributed by atoms with E-state index >= 15 is 0 Å². The average Bonchev–Trinajstić information content (AvgIpc) is 2.66. The number of oxime groups is 2. The van der Waals surface area contributed by atoms with Gasteiger partial charge in [-0.25, -0.2) is 4.79 Å². The second kappa shape index (κ2) is 10.8. The van der Waals surface area contributed by atoms with Crippen LogP contribution in [0.4, 0.5) is 0 Å². The van der Waals surface area contributed by atoms with Crippen molar-refractivity contribution < 1.29 is 19.2 Å². The molecule has 0 aliphatic rings. The molecule has 0 aliphatic carbocycles. The molecule has 0 amide bonds. The summed E-state index contributed by atoms with van der Waals surface area (Å²) < 4.78 is 5.36. The van der Waals surface area contributed by atoms with Crippen molar-refractivity contribution in [3.05, 3.63) is 63.1 Å². The molecule has 0 heterocycles. The van der Waals surface area contributed by atoms with Crippen molar-refractivity contribution in [1.29, 1.82) is 0 Å². The molecule has 0 bridgehead atoms. The highest BCUT2D eigenvalue weighted by Gasteiger charge is 2.07. The summed E-state index contributed by atoms with van der Waals surface area (Å²) in [6, 6.07) is 11.7. The highest BCUT2D eigenvalue weighted by molar-refractivity contribution is 6.35. The molecular weight excluding hydrogens is 429 g/mol. The predicted octanol–water partition coefficient (Wildman–Crippen LogP) is 4.28. The Morgan fingerprint density at radius 3 is 2.36 bits per heavy atom. The molecule has 0 aliphatic heterocycles. The van der Waals surface area contributed by atoms with Gasteiger partial charge in [0.15, 0.2) is 5.84 Å². The van der Waals surface area contributed by atoms with E-state index in [1.807, 2.05) is 0 Å². The van der Waals surface area contributed by atoms with E-state index < -0.39 is 12.6 Å². The summed E-state index contributed by atoms with van der Waals surface area (Å²) >= 11 is 17.6. The van der Waals surface area contributed by atoms with Crippen LogP contribution >= 0.6 is 34.8 Å². The molecule has 2 aromatic rings. The SMILES string of the molecule is C/C(=N/OCC(=O)O/N=C(/N)COc1ccc(Cl)cc1Cl)c1ccc(Cl)cc1. The quantitative estimate of drug-likeness (QED) is 0.284. The van der Waals surface area contributed by atoms with Gasteiger partial charge in [-0.2, -0.15) is 0 Å². The zero-order valence-corrected chi connectivity index (χ0v) is 17.0. The van der Waals surface area contributed by atoms with Gasteiger partial charge in [-0.15, -0.1) is 0 Å². The molecule has 148 valence electrons. The van der Waals surface area contributed by atoms with Gasteiger partial charge in [0.25, 0.3) is 0 Å². The van der Waals surface area contributed by atoms with Crippen LogP contribution in [0.1, 0.15) is 12.5 Å². The normalized spacial score (nSPS) is 11.9. The molecule has 0 unspecified atom stereocenters. The Morgan fingerprint density at radius 1 is 1.00 bits per heavy atom. The van der Waals surface area contributed by atoms with E-state index in [0.29, 0.717) is 26.5 Å². The number of rotatable bonds is 8. The molecule has 7 nitrogen and oxygen atoms in total. The summed E-state index contributed by atoms with van der Waals surface area (Å²) in [6.07, 6.45) is 0. The molecule has 0 atom stereocenters. The van der Waals surface area contributed by atoms with Crippen molar-refractivity contribution in [3.8, 4) is 5.75 Å². The van der Waals surface area contributed by atoms with E-state index in [4.69, 9.17) is 50.1 Å². The lowest BCUT2D eigenvalue weighted by molar-refractivity contribution is -0.149. The number of amidine groups is 1. The summed E-state index contributed by atoms with van der Waals surface area (Å²) in [4.78, 5) is 21.2. The molecule has 28 heavy (non-hydrogen) atoms. The number of ether oxygens (including phenoxy) is 1. The first-order valence-electron chi connectivity index (χ1n) is 7.87. The van der Waals surface area contributed by atoms with Crippen molar-refractivity contribution in [1.82, 2.24) is 0 Å². The van der Waals surface area contributed by atoms with Crippen molar-refractivity contribution >= 4 is 52.3 Å². The molecule has 0 radical (unpaired) electrons. The lowest BCUT2D eigenvalue weighted by atomic mass is 10.1. The number of hydrogen-bond acceptors (Lipinski definition) is 6. The molecule has 0 fully saturated rings. The van der Waals surface area contributed by atoms with Crippen LogP contribution in [0.25, 0.3) is 0 Å². The molecule has 0 saturated heterocycles. The fourth-order valence-electron chi connectivity index (χ4n) is 1.83. The molecule has 2 N–H and O–H groups in total. The lowest BCUT2D eigenvalue weighted by Crippen LogP contribution is -2.22. The molecular formula is C18H16Cl3N3O4. The van der Waals surface area contributed by atoms with Crippen LogP contribution in [0.3, 0.4) is 0 Å². The number of halogens is 3. The summed E-state index contributed by atoms with van der Waals surface area (Å²) in [6.45, 7) is 1.15. The smallest absolute Gasteiger partial charge is 0.374 e. The number of nitrogens with zero attached hydrogens (tertiary/aromatic N) is 2. The third-order valence-corrected chi connectivity index (χ3v) is 3.96. The van der Waals surface area contributed by atoms with Crippen molar-refractivity contribution in [2.75, 3.05) is 13.2 Å². The maximum Gasteiger partial charge on any atom is 0.374 e. The molecule has 0 aromatic heterocycles. The third-order valence-electron chi connectivity index (χ3n) is 3.18. The van der Waals surface area contributed by atoms with Crippen LogP contribution in [-0.2, 0) is 14.5 Å². The molecule has 2 aromatic carbocycles. The molecule has 2 rings (SSSR count). The van der Waals surface area contributed by atoms with E-state index in [0.717, 1.165) is 5.56 Å². The first-order valence-corrected chi connectivity index (χ1v) is 9.01. The largest absolute Gasteiger partial charge is 0.484 e. The fraction of sp³-hybridized carbons (Fsp3) is 0.167. The van der Waals surface area contributed by atoms with Crippen LogP contribution in [0.2, 0.25) is 15.1 Å². The Labute approximate surface area is 176 Å². The topological polar surface area (TPSA) is 95.5 Å². The third kappa shape index (κ3) is 7.26. The van der Waals surface area contributed by atoms with Crippen LogP contribution < -0.4 is 10.5 Å². The van der Waals surface area contributed by atoms with Gasteiger partial charge in [0.2, 0.25) is 6.61 Å². The molecule has 0 spiro atoms. The first-order chi connectivity index (χ1) is 13.3. The minimum Gasteiger partial charge on any atom is -0.484 e. The van der Waals surface area contributed by atoms with Crippen molar-refractivity contribution in [2.24, 2.45) is 16.0 Å². The van der Waals surface area contributed by atoms with Crippen LogP contribution in [-0.4, -0.2) is 30.7 Å². The van der Waals surface area contributed by atoms with Gasteiger partial charge in [0.1, 0.15) is 12.4 Å². The van der Waals surface area contributed by atoms with E-state index in [1.165, 1.54) is 6.07 Å². The Kier molecular flexibility index (Phi) is 8.38. The fourth-order valence-corrected chi connectivity index (χ4v) is 2.42. The number of carbonyl (C=O) groups is 1. The van der Waals surface area contributed by atoms with Crippen LogP contribution in [0, 0.1) is 0 Å². The average molecular weight is 445 g/mol. The van der Waals surface area contributed by atoms with Gasteiger partial charge in [-0.1, -0.05) is 57.2 Å². The van der Waals surface area contributed by atoms with E-state index in [2.05, 4.69) is 15.1 Å². The Bertz CT molecular complexity index is 886. The Morgan fingerprint density at radius 2 is 1.68 bits per heavy atom. The number of carbonyl (C=O) groups excluding carboxylic acids is 1. The zero-order chi connectivity index (χ0) is 20.5. The van der Waals surface area contributed by atoms with Crippen LogP contribution in [0.5, 0.6) is 5.75 Å². The van der Waals surface area contributed by atoms with Gasteiger partial charge in [0, 0.05) is 10.0 Å². The maximum atomic E-state index is 11.6. The lowest BCUT2D eigenvalue weighted by Gasteiger charge is -2.07. The van der Waals surface area contributed by atoms with Gasteiger partial charge in [-0.3, -0.25) is 0 Å². The van der Waals surface area contributed by atoms with Crippen molar-refractivity contribution in [2.45, 2.75) is 6.92 Å². The number of nitrogens with two attached hydrogens (primary N) is 1. The van der Waals surface area contributed by atoms with Gasteiger partial charge in [-0.05, 0) is 42.8 Å². The summed E-state index contributed by atoms with van der Waals surface area (Å²) in [5.74, 6) is -0.480. The second-order valence-electron chi connectivity index (χ2n) is 5.37. The van der Waals surface area contributed by atoms with Crippen LogP contribution in [0.15, 0.2) is 52.8 Å². The highest BCUT2D eigenvalue weighted by Crippen LogP contribution is 2.27. The first kappa shape index (κ1) is 21.8. The van der Waals surface area contributed by atoms with Gasteiger partial charge in [0.05, 0.1) is 10.7 Å². The molecule has 0 saturated carbocycles. The Balaban J connectivity index is 1.75. The minimum absolute atomic E-state index is 0.0692. The van der Waals surface area contributed by atoms with Crippen molar-refractivity contribution in [3.63, 3.8) is 0 Å². The molecule has 10 heteroatoms. The predicted molar refractivity (Wildman–Crippen MR) is 109 cm³/mol. The minimum atomic E-state index is -0.778. The number of benzene rings is 2. The summed E-state index contributed by atoms with van der Waals surface area (Å²) in [7, 11) is 0. The van der Waals surface area contributed by atoms with E-state index in [9.17, 15) is 4.79 Å². The monoisotopic (exact) mass is 443 g/mol. The Hall–Kier alpha value is -2.48. The summed E-state index contributed by atoms with van der Waals surface area (Å²) in [5, 5.41) is 8.69. The highest BCUT2D eigenvalue weighted by atomic mass is 35.5. The van der Waals surface area contributed by atoms with Gasteiger partial charge >= 0.3 is 5.97 Å². The standard InChI is InChI=1S/C18H16Cl3N3O4/c1-11(12-2-4-13(19)5-3-12)23-27-10-18(25)28-24-17(22)9-26-16-7-6-14(20)8-15(16)21/h2-8H,9-10H2,1H3,(H2,22,24)/b23-11-. The van der Waals surface area contributed by atoms with E-state index in [-0.39, 0.29) is 12.4 Å². The summed E-state index contributed by atoms with van der Waals surface area (Å²) in [5.41, 5.74) is 6.99. The second-order valence-corrected chi connectivity index (χ2v) is 6.65. The van der Waals surface area contributed by atoms with Gasteiger partial charge < -0.3 is 20.1 Å². The zero-order valence-electron chi connectivity index (χ0n) is 14.7. The van der Waals surface area contributed by atoms with E-state index in [1.54, 1.807) is 43.3 Å². The maximum absolute atomic E-state index is 11.6. The number of hydrogen-bond donors (Lipinski definition) is 1.